The van der Waals surface area contributed by atoms with Gasteiger partial charge in [-0.1, -0.05) is 24.3 Å². The predicted molar refractivity (Wildman–Crippen MR) is 140 cm³/mol. The smallest absolute Gasteiger partial charge is 0.467 e. The molecule has 0 aliphatic rings. The van der Waals surface area contributed by atoms with Crippen LogP contribution < -0.4 is 24.2 Å². The van der Waals surface area contributed by atoms with Gasteiger partial charge in [0.15, 0.2) is 0 Å². The minimum absolute atomic E-state index is 0. The average Bonchev–Trinajstić information content (AvgIpc) is 2.81. The van der Waals surface area contributed by atoms with Gasteiger partial charge in [-0.05, 0) is 56.6 Å². The van der Waals surface area contributed by atoms with Gasteiger partial charge < -0.3 is 32.1 Å². The zero-order chi connectivity index (χ0) is 28.5. The van der Waals surface area contributed by atoms with Gasteiger partial charge in [0.05, 0.1) is 7.11 Å². The third kappa shape index (κ3) is 11.6. The van der Waals surface area contributed by atoms with Crippen LogP contribution in [-0.4, -0.2) is 55.0 Å². The largest absolute Gasteiger partial charge is 1.00 e. The van der Waals surface area contributed by atoms with E-state index in [1.54, 1.807) is 32.9 Å². The number of benzene rings is 2. The summed E-state index contributed by atoms with van der Waals surface area (Å²) in [6.45, 7) is 4.74. The molecule has 0 spiro atoms. The molecule has 214 valence electrons. The maximum Gasteiger partial charge on any atom is 1.00 e. The SMILES string of the molecule is COC(=O)[C@H](Cc1cccc(C/C([C-]=O)=C(/c2[c-]ccc(CCO)c2)C(F)(F)F)c1)NC(=O)OC(C)(C)C.[CH3-].[Li+]. The number of esters is 1. The van der Waals surface area contributed by atoms with Gasteiger partial charge in [-0.25, -0.2) is 9.59 Å². The molecule has 0 fully saturated rings. The van der Waals surface area contributed by atoms with Gasteiger partial charge in [-0.15, -0.1) is 41.0 Å². The van der Waals surface area contributed by atoms with E-state index in [0.29, 0.717) is 16.7 Å². The summed E-state index contributed by atoms with van der Waals surface area (Å²) in [5.74, 6) is -0.735. The first-order valence-electron chi connectivity index (χ1n) is 11.7. The van der Waals surface area contributed by atoms with Gasteiger partial charge in [-0.2, -0.15) is 13.2 Å². The van der Waals surface area contributed by atoms with Gasteiger partial charge in [0, 0.05) is 13.0 Å². The second-order valence-electron chi connectivity index (χ2n) is 9.46. The maximum absolute atomic E-state index is 14.1. The molecule has 0 saturated carbocycles. The molecule has 11 heteroatoms. The van der Waals surface area contributed by atoms with Crippen molar-refractivity contribution in [2.75, 3.05) is 13.7 Å². The van der Waals surface area contributed by atoms with E-state index in [4.69, 9.17) is 14.6 Å². The van der Waals surface area contributed by atoms with Gasteiger partial charge in [0.2, 0.25) is 0 Å². The molecule has 0 aliphatic carbocycles. The number of alkyl halides is 3. The topological polar surface area (TPSA) is 102 Å². The van der Waals surface area contributed by atoms with E-state index in [1.807, 2.05) is 0 Å². The van der Waals surface area contributed by atoms with E-state index < -0.39 is 47.4 Å². The van der Waals surface area contributed by atoms with Crippen LogP contribution in [0.15, 0.2) is 48.0 Å². The number of nitrogens with one attached hydrogen (secondary N) is 1. The fourth-order valence-electron chi connectivity index (χ4n) is 3.70. The molecule has 1 amide bonds. The summed E-state index contributed by atoms with van der Waals surface area (Å²) in [5.41, 5.74) is -1.60. The molecule has 0 aliphatic heterocycles. The molecule has 0 saturated heterocycles. The number of ether oxygens (including phenoxy) is 2. The Morgan fingerprint density at radius 1 is 1.10 bits per heavy atom. The van der Waals surface area contributed by atoms with Crippen molar-refractivity contribution in [3.05, 3.63) is 83.8 Å². The summed E-state index contributed by atoms with van der Waals surface area (Å²) in [5, 5.41) is 11.6. The van der Waals surface area contributed by atoms with Crippen molar-refractivity contribution in [3.8, 4) is 0 Å². The van der Waals surface area contributed by atoms with Crippen LogP contribution in [0.4, 0.5) is 18.0 Å². The quantitative estimate of drug-likeness (QED) is 0.201. The Morgan fingerprint density at radius 3 is 2.30 bits per heavy atom. The molecule has 1 atom stereocenters. The van der Waals surface area contributed by atoms with Gasteiger partial charge in [-0.3, -0.25) is 0 Å². The van der Waals surface area contributed by atoms with Crippen molar-refractivity contribution in [2.45, 2.75) is 57.9 Å². The Morgan fingerprint density at radius 2 is 1.75 bits per heavy atom. The van der Waals surface area contributed by atoms with E-state index in [-0.39, 0.29) is 51.3 Å². The Kier molecular flexibility index (Phi) is 15.0. The molecule has 0 heterocycles. The molecular weight excluding hydrogens is 522 g/mol. The zero-order valence-electron chi connectivity index (χ0n) is 23.6. The number of alkyl carbamates (subject to hydrolysis) is 1. The number of carbonyl (C=O) groups is 2. The van der Waals surface area contributed by atoms with Crippen LogP contribution >= 0.6 is 0 Å². The van der Waals surface area contributed by atoms with Crippen molar-refractivity contribution < 1.29 is 61.0 Å². The van der Waals surface area contributed by atoms with E-state index in [0.717, 1.165) is 7.11 Å². The van der Waals surface area contributed by atoms with Crippen molar-refractivity contribution in [1.29, 1.82) is 0 Å². The van der Waals surface area contributed by atoms with E-state index in [1.165, 1.54) is 36.6 Å². The van der Waals surface area contributed by atoms with Crippen molar-refractivity contribution >= 4 is 23.9 Å². The molecule has 0 unspecified atom stereocenters. The summed E-state index contributed by atoms with van der Waals surface area (Å²) in [6, 6.07) is 11.7. The molecule has 0 bridgehead atoms. The third-order valence-electron chi connectivity index (χ3n) is 5.23. The number of halogens is 3. The van der Waals surface area contributed by atoms with Crippen LogP contribution in [0.3, 0.4) is 0 Å². The van der Waals surface area contributed by atoms with Crippen LogP contribution in [-0.2, 0) is 38.3 Å². The minimum atomic E-state index is -4.87. The number of allylic oxidation sites excluding steroid dienone is 2. The number of amides is 1. The summed E-state index contributed by atoms with van der Waals surface area (Å²) in [7, 11) is 1.16. The first-order chi connectivity index (χ1) is 17.8. The van der Waals surface area contributed by atoms with Gasteiger partial charge >= 0.3 is 37.1 Å². The first-order valence-corrected chi connectivity index (χ1v) is 11.7. The van der Waals surface area contributed by atoms with Gasteiger partial charge in [0.1, 0.15) is 11.6 Å². The summed E-state index contributed by atoms with van der Waals surface area (Å²) in [4.78, 5) is 36.2. The molecule has 7 nitrogen and oxygen atoms in total. The molecule has 2 aromatic carbocycles. The molecule has 2 rings (SSSR count). The van der Waals surface area contributed by atoms with Crippen molar-refractivity contribution in [3.63, 3.8) is 0 Å². The number of rotatable bonds is 10. The fourth-order valence-corrected chi connectivity index (χ4v) is 3.70. The Hall–Kier alpha value is -3.06. The van der Waals surface area contributed by atoms with E-state index in [9.17, 15) is 27.6 Å². The summed E-state index contributed by atoms with van der Waals surface area (Å²) < 4.78 is 52.2. The molecule has 2 aromatic rings. The minimum Gasteiger partial charge on any atom is -0.467 e. The van der Waals surface area contributed by atoms with Crippen LogP contribution in [0.5, 0.6) is 0 Å². The number of methoxy groups -OCH3 is 1. The average molecular weight is 556 g/mol. The van der Waals surface area contributed by atoms with Crippen LogP contribution in [0, 0.1) is 13.5 Å². The number of aliphatic hydroxyl groups excluding tert-OH is 1. The molecule has 40 heavy (non-hydrogen) atoms. The number of hydrogen-bond donors (Lipinski definition) is 2. The normalized spacial score (nSPS) is 12.6. The Balaban J connectivity index is 0.00000760. The van der Waals surface area contributed by atoms with Crippen molar-refractivity contribution in [2.24, 2.45) is 0 Å². The standard InChI is InChI=1S/C28H30F3NO6.CH3.Li/c1-27(2,3)38-26(36)32-23(25(35)37-4)16-20-9-5-8-19(13-20)15-22(17-34)24(28(29,30)31)21-10-6-7-18(14-21)11-12-33;;/h5-9,13-14,23,33H,11-12,15-16H2,1-4H3,(H,32,36);1H3;/q-2;-1;+1/b24-22+;;/t23-;;/m0../s1. The van der Waals surface area contributed by atoms with Gasteiger partial charge in [0.25, 0.3) is 0 Å². The number of hydrogen-bond acceptors (Lipinski definition) is 6. The Bertz CT molecular complexity index is 1170. The summed E-state index contributed by atoms with van der Waals surface area (Å²) >= 11 is 0. The predicted octanol–water partition coefficient (Wildman–Crippen LogP) is 1.75. The molecule has 2 N–H and O–H groups in total. The third-order valence-corrected chi connectivity index (χ3v) is 5.23. The number of carbonyl (C=O) groups excluding carboxylic acids is 3. The van der Waals surface area contributed by atoms with E-state index in [2.05, 4.69) is 11.4 Å². The van der Waals surface area contributed by atoms with Crippen LogP contribution in [0.1, 0.15) is 43.0 Å². The summed E-state index contributed by atoms with van der Waals surface area (Å²) in [6.07, 6.45) is -4.55. The Labute approximate surface area is 245 Å². The molecule has 0 radical (unpaired) electrons. The van der Waals surface area contributed by atoms with Crippen LogP contribution in [0.25, 0.3) is 5.57 Å². The van der Waals surface area contributed by atoms with Crippen LogP contribution in [0.2, 0.25) is 0 Å². The monoisotopic (exact) mass is 555 g/mol. The molecule has 0 aromatic heterocycles. The maximum atomic E-state index is 14.1. The fraction of sp³-hybridized carbons (Fsp3) is 0.379. The zero-order valence-corrected chi connectivity index (χ0v) is 23.6. The number of aliphatic hydroxyl groups is 1. The first kappa shape index (κ1) is 36.9. The van der Waals surface area contributed by atoms with E-state index >= 15 is 0 Å². The second-order valence-corrected chi connectivity index (χ2v) is 9.46. The van der Waals surface area contributed by atoms with Crippen molar-refractivity contribution in [1.82, 2.24) is 5.32 Å². The second kappa shape index (κ2) is 16.3. The molecular formula is C29H33F3LiNO6-2.